The third-order valence-electron chi connectivity index (χ3n) is 1.58. The number of hydrogen-bond donors (Lipinski definition) is 2. The summed E-state index contributed by atoms with van der Waals surface area (Å²) in [7, 11) is -1.35. The minimum Gasteiger partial charge on any atom is -0.481 e. The first-order valence-corrected chi connectivity index (χ1v) is 8.07. The summed E-state index contributed by atoms with van der Waals surface area (Å²) in [5.74, 6) is -2.24. The van der Waals surface area contributed by atoms with Crippen molar-refractivity contribution in [1.82, 2.24) is 0 Å². The third-order valence-corrected chi connectivity index (χ3v) is 3.01. The van der Waals surface area contributed by atoms with Crippen LogP contribution in [0.4, 0.5) is 0 Å². The molecule has 0 aliphatic carbocycles. The highest BCUT2D eigenvalue weighted by Crippen LogP contribution is 2.12. The van der Waals surface area contributed by atoms with E-state index >= 15 is 0 Å². The summed E-state index contributed by atoms with van der Waals surface area (Å²) in [6, 6.07) is 0.696. The van der Waals surface area contributed by atoms with Crippen molar-refractivity contribution in [2.75, 3.05) is 0 Å². The molecule has 0 aromatic rings. The van der Waals surface area contributed by atoms with E-state index in [4.69, 9.17) is 10.2 Å². The van der Waals surface area contributed by atoms with Gasteiger partial charge in [0.25, 0.3) is 0 Å². The molecule has 80 valence electrons. The van der Waals surface area contributed by atoms with Crippen molar-refractivity contribution >= 4 is 20.0 Å². The lowest BCUT2D eigenvalue weighted by Crippen LogP contribution is -2.18. The van der Waals surface area contributed by atoms with Crippen molar-refractivity contribution in [3.63, 3.8) is 0 Å². The Morgan fingerprint density at radius 3 is 2.00 bits per heavy atom. The molecule has 0 fully saturated rings. The molecular weight excluding hydrogens is 200 g/mol. The maximum Gasteiger partial charge on any atom is 0.331 e. The average molecular weight is 216 g/mol. The molecule has 2 N–H and O–H groups in total. The Bertz CT molecular complexity index is 262. The molecule has 0 aromatic heterocycles. The van der Waals surface area contributed by atoms with Crippen molar-refractivity contribution in [2.24, 2.45) is 0 Å². The van der Waals surface area contributed by atoms with Crippen LogP contribution in [-0.4, -0.2) is 30.2 Å². The number of rotatable bonds is 5. The van der Waals surface area contributed by atoms with Crippen LogP contribution in [0.3, 0.4) is 0 Å². The Hall–Kier alpha value is -1.10. The van der Waals surface area contributed by atoms with E-state index in [2.05, 4.69) is 19.6 Å². The second-order valence-electron chi connectivity index (χ2n) is 4.37. The molecule has 0 atom stereocenters. The maximum atomic E-state index is 10.6. The molecule has 0 rings (SSSR count). The second-order valence-corrected chi connectivity index (χ2v) is 9.90. The molecule has 0 saturated carbocycles. The lowest BCUT2D eigenvalue weighted by molar-refractivity contribution is -0.139. The van der Waals surface area contributed by atoms with Gasteiger partial charge in [0, 0.05) is 13.6 Å². The molecule has 4 nitrogen and oxygen atoms in total. The molecular formula is C9H16O4Si. The highest BCUT2D eigenvalue weighted by atomic mass is 28.3. The Labute approximate surface area is 84.3 Å². The highest BCUT2D eigenvalue weighted by Gasteiger charge is 2.15. The zero-order chi connectivity index (χ0) is 11.4. The molecule has 0 spiro atoms. The van der Waals surface area contributed by atoms with Crippen LogP contribution < -0.4 is 0 Å². The van der Waals surface area contributed by atoms with E-state index in [1.807, 2.05) is 0 Å². The van der Waals surface area contributed by atoms with E-state index in [-0.39, 0.29) is 5.57 Å². The molecule has 5 heteroatoms. The zero-order valence-electron chi connectivity index (χ0n) is 8.70. The number of carboxylic acids is 2. The van der Waals surface area contributed by atoms with Crippen LogP contribution in [0.15, 0.2) is 11.6 Å². The van der Waals surface area contributed by atoms with Gasteiger partial charge in [-0.3, -0.25) is 4.79 Å². The van der Waals surface area contributed by atoms with Gasteiger partial charge in [-0.1, -0.05) is 25.7 Å². The highest BCUT2D eigenvalue weighted by molar-refractivity contribution is 6.76. The standard InChI is InChI=1S/C9H16O4Si/c1-14(2,3)5-4-7(9(12)13)6-8(10)11/h4H,5-6H2,1-3H3,(H,10,11)(H,12,13). The molecule has 14 heavy (non-hydrogen) atoms. The topological polar surface area (TPSA) is 74.6 Å². The van der Waals surface area contributed by atoms with Crippen LogP contribution in [0.5, 0.6) is 0 Å². The second kappa shape index (κ2) is 4.95. The van der Waals surface area contributed by atoms with Gasteiger partial charge in [0.2, 0.25) is 0 Å². The monoisotopic (exact) mass is 216 g/mol. The van der Waals surface area contributed by atoms with Gasteiger partial charge in [0.1, 0.15) is 0 Å². The van der Waals surface area contributed by atoms with E-state index in [1.165, 1.54) is 0 Å². The van der Waals surface area contributed by atoms with Crippen molar-refractivity contribution in [2.45, 2.75) is 32.1 Å². The Morgan fingerprint density at radius 1 is 1.21 bits per heavy atom. The molecule has 0 bridgehead atoms. The zero-order valence-corrected chi connectivity index (χ0v) is 9.70. The SMILES string of the molecule is C[Si](C)(C)CC=C(CC(=O)O)C(=O)O. The predicted octanol–water partition coefficient (Wildman–Crippen LogP) is 1.81. The van der Waals surface area contributed by atoms with Crippen LogP contribution in [0.25, 0.3) is 0 Å². The Morgan fingerprint density at radius 2 is 1.71 bits per heavy atom. The number of allylic oxidation sites excluding steroid dienone is 1. The fraction of sp³-hybridized carbons (Fsp3) is 0.556. The fourth-order valence-electron chi connectivity index (χ4n) is 0.827. The van der Waals surface area contributed by atoms with Gasteiger partial charge in [-0.05, 0) is 6.04 Å². The van der Waals surface area contributed by atoms with Crippen molar-refractivity contribution in [3.8, 4) is 0 Å². The molecule has 0 aliphatic rings. The van der Waals surface area contributed by atoms with Crippen molar-refractivity contribution in [1.29, 1.82) is 0 Å². The molecule has 0 heterocycles. The summed E-state index contributed by atoms with van der Waals surface area (Å²) >= 11 is 0. The van der Waals surface area contributed by atoms with Gasteiger partial charge in [-0.25, -0.2) is 4.79 Å². The molecule has 0 amide bonds. The van der Waals surface area contributed by atoms with E-state index in [0.29, 0.717) is 6.04 Å². The van der Waals surface area contributed by atoms with Crippen LogP contribution in [0.1, 0.15) is 6.42 Å². The quantitative estimate of drug-likeness (QED) is 0.543. The smallest absolute Gasteiger partial charge is 0.331 e. The number of carbonyl (C=O) groups is 2. The molecule has 0 saturated heterocycles. The normalized spacial score (nSPS) is 12.6. The first kappa shape index (κ1) is 12.9. The number of carboxylic acid groups (broad SMARTS) is 2. The van der Waals surface area contributed by atoms with Crippen LogP contribution in [-0.2, 0) is 9.59 Å². The summed E-state index contributed by atoms with van der Waals surface area (Å²) in [6.07, 6.45) is 1.14. The van der Waals surface area contributed by atoms with Crippen molar-refractivity contribution < 1.29 is 19.8 Å². The van der Waals surface area contributed by atoms with Crippen molar-refractivity contribution in [3.05, 3.63) is 11.6 Å². The third kappa shape index (κ3) is 6.42. The van der Waals surface area contributed by atoms with Gasteiger partial charge in [0.15, 0.2) is 0 Å². The lowest BCUT2D eigenvalue weighted by atomic mass is 10.2. The minimum atomic E-state index is -1.35. The van der Waals surface area contributed by atoms with Gasteiger partial charge in [-0.2, -0.15) is 0 Å². The van der Waals surface area contributed by atoms with Gasteiger partial charge in [0.05, 0.1) is 6.42 Å². The van der Waals surface area contributed by atoms with E-state index in [0.717, 1.165) is 0 Å². The van der Waals surface area contributed by atoms with Crippen LogP contribution in [0.2, 0.25) is 25.7 Å². The van der Waals surface area contributed by atoms with Crippen LogP contribution >= 0.6 is 0 Å². The summed E-state index contributed by atoms with van der Waals surface area (Å²) in [4.78, 5) is 21.0. The first-order valence-electron chi connectivity index (χ1n) is 4.36. The van der Waals surface area contributed by atoms with Crippen LogP contribution in [0, 0.1) is 0 Å². The molecule has 0 aromatic carbocycles. The van der Waals surface area contributed by atoms with E-state index < -0.39 is 26.4 Å². The molecule has 0 aliphatic heterocycles. The first-order chi connectivity index (χ1) is 6.22. The maximum absolute atomic E-state index is 10.6. The fourth-order valence-corrected chi connectivity index (χ4v) is 1.69. The largest absolute Gasteiger partial charge is 0.481 e. The average Bonchev–Trinajstić information content (AvgIpc) is 1.94. The molecule has 0 unspecified atom stereocenters. The van der Waals surface area contributed by atoms with Gasteiger partial charge < -0.3 is 10.2 Å². The Balaban J connectivity index is 4.50. The van der Waals surface area contributed by atoms with E-state index in [1.54, 1.807) is 6.08 Å². The summed E-state index contributed by atoms with van der Waals surface area (Å²) < 4.78 is 0. The predicted molar refractivity (Wildman–Crippen MR) is 56.1 cm³/mol. The summed E-state index contributed by atoms with van der Waals surface area (Å²) in [5, 5.41) is 17.2. The number of aliphatic carboxylic acids is 2. The summed E-state index contributed by atoms with van der Waals surface area (Å²) in [5.41, 5.74) is -0.0140. The lowest BCUT2D eigenvalue weighted by Gasteiger charge is -2.12. The minimum absolute atomic E-state index is 0.0140. The Kier molecular flexibility index (Phi) is 4.56. The molecule has 0 radical (unpaired) electrons. The van der Waals surface area contributed by atoms with Gasteiger partial charge in [-0.15, -0.1) is 0 Å². The van der Waals surface area contributed by atoms with Gasteiger partial charge >= 0.3 is 11.9 Å². The number of hydrogen-bond acceptors (Lipinski definition) is 2. The van der Waals surface area contributed by atoms with E-state index in [9.17, 15) is 9.59 Å². The summed E-state index contributed by atoms with van der Waals surface area (Å²) in [6.45, 7) is 6.30.